The van der Waals surface area contributed by atoms with Crippen molar-refractivity contribution in [2.24, 2.45) is 0 Å². The molecule has 1 N–H and O–H groups in total. The van der Waals surface area contributed by atoms with Gasteiger partial charge in [-0.2, -0.15) is 22.0 Å². The van der Waals surface area contributed by atoms with Crippen molar-refractivity contribution in [3.05, 3.63) is 53.6 Å². The Hall–Kier alpha value is -1.96. The fraction of sp³-hybridized carbons (Fsp3) is 0.308. The first-order chi connectivity index (χ1) is 9.89. The smallest absolute Gasteiger partial charge is 0.306 e. The molecule has 0 unspecified atom stereocenters. The van der Waals surface area contributed by atoms with E-state index in [1.54, 1.807) is 0 Å². The summed E-state index contributed by atoms with van der Waals surface area (Å²) in [5.74, 6) is 0.0643. The van der Waals surface area contributed by atoms with Gasteiger partial charge in [-0.1, -0.05) is 18.2 Å². The molecule has 0 amide bonds. The second-order valence-electron chi connectivity index (χ2n) is 4.29. The number of halogens is 5. The molecule has 1 heterocycles. The topological polar surface area (TPSA) is 29.9 Å². The zero-order valence-corrected chi connectivity index (χ0v) is 10.7. The molecule has 0 saturated heterocycles. The number of hydrogen-bond donors (Lipinski definition) is 1. The predicted octanol–water partition coefficient (Wildman–Crippen LogP) is 3.59. The number of benzene rings is 1. The molecule has 2 aromatic rings. The average molecular weight is 305 g/mol. The molecule has 0 aliphatic rings. The molecule has 21 heavy (non-hydrogen) atoms. The SMILES string of the molecule is FC(F)n1ccnc1CNCc1ccccc1C(F)(F)F. The van der Waals surface area contributed by atoms with Crippen LogP contribution in [-0.4, -0.2) is 9.55 Å². The number of nitrogens with one attached hydrogen (secondary N) is 1. The number of alkyl halides is 5. The molecule has 8 heteroatoms. The van der Waals surface area contributed by atoms with Gasteiger partial charge < -0.3 is 5.32 Å². The van der Waals surface area contributed by atoms with E-state index >= 15 is 0 Å². The summed E-state index contributed by atoms with van der Waals surface area (Å²) in [5.41, 5.74) is -0.685. The minimum Gasteiger partial charge on any atom is -0.306 e. The summed E-state index contributed by atoms with van der Waals surface area (Å²) in [6, 6.07) is 5.12. The molecule has 0 atom stereocenters. The fourth-order valence-corrected chi connectivity index (χ4v) is 1.92. The lowest BCUT2D eigenvalue weighted by atomic mass is 10.1. The van der Waals surface area contributed by atoms with Crippen LogP contribution in [0.1, 0.15) is 23.5 Å². The van der Waals surface area contributed by atoms with Gasteiger partial charge in [-0.25, -0.2) is 4.98 Å². The monoisotopic (exact) mass is 305 g/mol. The third-order valence-corrected chi connectivity index (χ3v) is 2.88. The predicted molar refractivity (Wildman–Crippen MR) is 65.5 cm³/mol. The van der Waals surface area contributed by atoms with Gasteiger partial charge in [-0.15, -0.1) is 0 Å². The third-order valence-electron chi connectivity index (χ3n) is 2.88. The molecule has 0 bridgehead atoms. The Morgan fingerprint density at radius 3 is 2.52 bits per heavy atom. The van der Waals surface area contributed by atoms with E-state index in [1.165, 1.54) is 24.4 Å². The normalized spacial score (nSPS) is 12.1. The van der Waals surface area contributed by atoms with Gasteiger partial charge in [0.05, 0.1) is 12.1 Å². The summed E-state index contributed by atoms with van der Waals surface area (Å²) in [7, 11) is 0. The zero-order chi connectivity index (χ0) is 15.5. The van der Waals surface area contributed by atoms with Gasteiger partial charge in [0.25, 0.3) is 0 Å². The van der Waals surface area contributed by atoms with Gasteiger partial charge in [0, 0.05) is 18.9 Å². The van der Waals surface area contributed by atoms with Crippen molar-refractivity contribution < 1.29 is 22.0 Å². The molecule has 0 aliphatic heterocycles. The van der Waals surface area contributed by atoms with Gasteiger partial charge in [0.15, 0.2) is 0 Å². The van der Waals surface area contributed by atoms with Gasteiger partial charge >= 0.3 is 12.7 Å². The number of imidazole rings is 1. The van der Waals surface area contributed by atoms with Crippen molar-refractivity contribution >= 4 is 0 Å². The van der Waals surface area contributed by atoms with Gasteiger partial charge in [-0.3, -0.25) is 4.57 Å². The van der Waals surface area contributed by atoms with E-state index in [0.29, 0.717) is 4.57 Å². The number of hydrogen-bond acceptors (Lipinski definition) is 2. The second-order valence-corrected chi connectivity index (χ2v) is 4.29. The summed E-state index contributed by atoms with van der Waals surface area (Å²) in [6.45, 7) is -2.87. The van der Waals surface area contributed by atoms with Crippen LogP contribution >= 0.6 is 0 Å². The summed E-state index contributed by atoms with van der Waals surface area (Å²) in [4.78, 5) is 3.74. The highest BCUT2D eigenvalue weighted by atomic mass is 19.4. The van der Waals surface area contributed by atoms with E-state index in [4.69, 9.17) is 0 Å². The minimum absolute atomic E-state index is 0.0521. The molecule has 0 saturated carbocycles. The van der Waals surface area contributed by atoms with Gasteiger partial charge in [0.2, 0.25) is 0 Å². The molecule has 0 aliphatic carbocycles. The Balaban J connectivity index is 2.03. The second kappa shape index (κ2) is 6.21. The lowest BCUT2D eigenvalue weighted by molar-refractivity contribution is -0.138. The minimum atomic E-state index is -4.44. The molecule has 1 aromatic carbocycles. The van der Waals surface area contributed by atoms with Crippen LogP contribution in [0.4, 0.5) is 22.0 Å². The van der Waals surface area contributed by atoms with Gasteiger partial charge in [-0.05, 0) is 11.6 Å². The molecule has 114 valence electrons. The molecule has 0 fully saturated rings. The van der Waals surface area contributed by atoms with E-state index in [1.807, 2.05) is 0 Å². The maximum absolute atomic E-state index is 12.8. The summed E-state index contributed by atoms with van der Waals surface area (Å²) in [6.07, 6.45) is -2.11. The van der Waals surface area contributed by atoms with E-state index in [-0.39, 0.29) is 24.5 Å². The molecule has 0 radical (unpaired) electrons. The van der Waals surface area contributed by atoms with Gasteiger partial charge in [0.1, 0.15) is 5.82 Å². The Morgan fingerprint density at radius 2 is 1.86 bits per heavy atom. The van der Waals surface area contributed by atoms with E-state index in [0.717, 1.165) is 12.3 Å². The highest BCUT2D eigenvalue weighted by Crippen LogP contribution is 2.31. The highest BCUT2D eigenvalue weighted by molar-refractivity contribution is 5.29. The lowest BCUT2D eigenvalue weighted by Gasteiger charge is -2.13. The van der Waals surface area contributed by atoms with Crippen LogP contribution in [0.2, 0.25) is 0 Å². The van der Waals surface area contributed by atoms with Crippen molar-refractivity contribution in [2.75, 3.05) is 0 Å². The molecule has 1 aromatic heterocycles. The zero-order valence-electron chi connectivity index (χ0n) is 10.7. The largest absolute Gasteiger partial charge is 0.416 e. The summed E-state index contributed by atoms with van der Waals surface area (Å²) in [5, 5.41) is 2.70. The highest BCUT2D eigenvalue weighted by Gasteiger charge is 2.32. The number of aromatic nitrogens is 2. The maximum atomic E-state index is 12.8. The van der Waals surface area contributed by atoms with Crippen molar-refractivity contribution in [1.29, 1.82) is 0 Å². The van der Waals surface area contributed by atoms with Crippen molar-refractivity contribution in [3.8, 4) is 0 Å². The van der Waals surface area contributed by atoms with E-state index in [9.17, 15) is 22.0 Å². The molecular formula is C13H12F5N3. The molecular weight excluding hydrogens is 293 g/mol. The van der Waals surface area contributed by atoms with Crippen LogP contribution in [0, 0.1) is 0 Å². The lowest BCUT2D eigenvalue weighted by Crippen LogP contribution is -2.19. The van der Waals surface area contributed by atoms with Crippen LogP contribution < -0.4 is 5.32 Å². The third kappa shape index (κ3) is 3.78. The Morgan fingerprint density at radius 1 is 1.14 bits per heavy atom. The van der Waals surface area contributed by atoms with Crippen LogP contribution in [0.15, 0.2) is 36.7 Å². The molecule has 2 rings (SSSR count). The Kier molecular flexibility index (Phi) is 4.56. The number of nitrogens with zero attached hydrogens (tertiary/aromatic N) is 2. The summed E-state index contributed by atoms with van der Waals surface area (Å²) >= 11 is 0. The maximum Gasteiger partial charge on any atom is 0.416 e. The first-order valence-electron chi connectivity index (χ1n) is 6.05. The Labute approximate surface area is 117 Å². The Bertz CT molecular complexity index is 591. The quantitative estimate of drug-likeness (QED) is 0.856. The van der Waals surface area contributed by atoms with E-state index in [2.05, 4.69) is 10.3 Å². The van der Waals surface area contributed by atoms with Crippen LogP contribution in [0.25, 0.3) is 0 Å². The van der Waals surface area contributed by atoms with E-state index < -0.39 is 18.3 Å². The average Bonchev–Trinajstić information content (AvgIpc) is 2.87. The standard InChI is InChI=1S/C13H12F5N3/c14-12(15)21-6-5-20-11(21)8-19-7-9-3-1-2-4-10(9)13(16,17)18/h1-6,12,19H,7-8H2. The van der Waals surface area contributed by atoms with Crippen LogP contribution in [0.3, 0.4) is 0 Å². The first kappa shape index (κ1) is 15.4. The van der Waals surface area contributed by atoms with Crippen molar-refractivity contribution in [2.45, 2.75) is 25.8 Å². The number of rotatable bonds is 5. The van der Waals surface area contributed by atoms with Crippen molar-refractivity contribution in [1.82, 2.24) is 14.9 Å². The summed E-state index contributed by atoms with van der Waals surface area (Å²) < 4.78 is 64.1. The molecule has 3 nitrogen and oxygen atoms in total. The van der Waals surface area contributed by atoms with Crippen molar-refractivity contribution in [3.63, 3.8) is 0 Å². The fourth-order valence-electron chi connectivity index (χ4n) is 1.92. The first-order valence-corrected chi connectivity index (χ1v) is 6.05. The molecule has 0 spiro atoms. The van der Waals surface area contributed by atoms with Crippen LogP contribution in [-0.2, 0) is 19.3 Å². The van der Waals surface area contributed by atoms with Crippen LogP contribution in [0.5, 0.6) is 0 Å².